The molecular formula is C24H39N5O. The molecule has 0 bridgehead atoms. The van der Waals surface area contributed by atoms with Crippen molar-refractivity contribution < 1.29 is 4.79 Å². The SMILES string of the molecule is CCNC(=NCc1ccccc1CN1CCCC1=O)NCC(C)(C)N1CCCCC1. The van der Waals surface area contributed by atoms with E-state index >= 15 is 0 Å². The third kappa shape index (κ3) is 6.21. The van der Waals surface area contributed by atoms with E-state index in [0.717, 1.165) is 32.0 Å². The van der Waals surface area contributed by atoms with Crippen LogP contribution in [-0.2, 0) is 17.9 Å². The molecule has 6 nitrogen and oxygen atoms in total. The Bertz CT molecular complexity index is 724. The first-order valence-electron chi connectivity index (χ1n) is 11.6. The molecule has 6 heteroatoms. The van der Waals surface area contributed by atoms with Gasteiger partial charge in [-0.15, -0.1) is 0 Å². The second-order valence-corrected chi connectivity index (χ2v) is 9.10. The Morgan fingerprint density at radius 2 is 1.77 bits per heavy atom. The van der Waals surface area contributed by atoms with Crippen LogP contribution in [0.1, 0.15) is 64.0 Å². The predicted molar refractivity (Wildman–Crippen MR) is 123 cm³/mol. The van der Waals surface area contributed by atoms with Crippen LogP contribution >= 0.6 is 0 Å². The summed E-state index contributed by atoms with van der Waals surface area (Å²) in [6, 6.07) is 8.35. The van der Waals surface area contributed by atoms with Crippen LogP contribution < -0.4 is 10.6 Å². The standard InChI is InChI=1S/C24H39N5O/c1-4-25-23(27-19-24(2,3)29-15-8-5-9-16-29)26-17-20-11-6-7-12-21(20)18-28-14-10-13-22(28)30/h6-7,11-12H,4-5,8-10,13-19H2,1-3H3,(H2,25,26,27). The monoisotopic (exact) mass is 413 g/mol. The van der Waals surface area contributed by atoms with Crippen LogP contribution in [0, 0.1) is 0 Å². The number of nitrogens with zero attached hydrogens (tertiary/aromatic N) is 3. The third-order valence-corrected chi connectivity index (χ3v) is 6.30. The average Bonchev–Trinajstić information content (AvgIpc) is 3.16. The van der Waals surface area contributed by atoms with Gasteiger partial charge in [-0.3, -0.25) is 9.69 Å². The van der Waals surface area contributed by atoms with E-state index in [1.807, 2.05) is 11.0 Å². The van der Waals surface area contributed by atoms with Crippen molar-refractivity contribution in [3.05, 3.63) is 35.4 Å². The molecule has 0 aliphatic carbocycles. The maximum absolute atomic E-state index is 12.0. The molecule has 0 aromatic heterocycles. The Hall–Kier alpha value is -2.08. The summed E-state index contributed by atoms with van der Waals surface area (Å²) < 4.78 is 0. The molecule has 2 aliphatic heterocycles. The highest BCUT2D eigenvalue weighted by molar-refractivity contribution is 5.80. The van der Waals surface area contributed by atoms with Crippen molar-refractivity contribution in [2.24, 2.45) is 4.99 Å². The lowest BCUT2D eigenvalue weighted by atomic mass is 9.98. The predicted octanol–water partition coefficient (Wildman–Crippen LogP) is 3.13. The molecule has 2 fully saturated rings. The number of guanidine groups is 1. The molecule has 30 heavy (non-hydrogen) atoms. The molecule has 0 spiro atoms. The van der Waals surface area contributed by atoms with Crippen LogP contribution in [0.3, 0.4) is 0 Å². The van der Waals surface area contributed by atoms with Gasteiger partial charge < -0.3 is 15.5 Å². The van der Waals surface area contributed by atoms with Gasteiger partial charge in [0.15, 0.2) is 5.96 Å². The van der Waals surface area contributed by atoms with E-state index in [0.29, 0.717) is 19.5 Å². The zero-order chi connectivity index (χ0) is 21.4. The molecule has 2 heterocycles. The van der Waals surface area contributed by atoms with Crippen molar-refractivity contribution in [3.63, 3.8) is 0 Å². The summed E-state index contributed by atoms with van der Waals surface area (Å²) >= 11 is 0. The molecule has 0 radical (unpaired) electrons. The van der Waals surface area contributed by atoms with Crippen LogP contribution in [-0.4, -0.2) is 59.9 Å². The van der Waals surface area contributed by atoms with E-state index < -0.39 is 0 Å². The topological polar surface area (TPSA) is 60.0 Å². The van der Waals surface area contributed by atoms with Gasteiger partial charge >= 0.3 is 0 Å². The van der Waals surface area contributed by atoms with E-state index in [2.05, 4.69) is 54.5 Å². The summed E-state index contributed by atoms with van der Waals surface area (Å²) in [4.78, 5) is 21.4. The lowest BCUT2D eigenvalue weighted by Gasteiger charge is -2.41. The molecule has 0 saturated carbocycles. The van der Waals surface area contributed by atoms with Gasteiger partial charge in [0.25, 0.3) is 0 Å². The van der Waals surface area contributed by atoms with Gasteiger partial charge in [0.1, 0.15) is 0 Å². The highest BCUT2D eigenvalue weighted by Gasteiger charge is 2.28. The number of hydrogen-bond donors (Lipinski definition) is 2. The minimum absolute atomic E-state index is 0.102. The van der Waals surface area contributed by atoms with Gasteiger partial charge in [0.05, 0.1) is 6.54 Å². The number of amides is 1. The molecule has 1 amide bonds. The first-order chi connectivity index (χ1) is 14.5. The zero-order valence-corrected chi connectivity index (χ0v) is 19.0. The first kappa shape index (κ1) is 22.6. The van der Waals surface area contributed by atoms with Gasteiger partial charge in [-0.05, 0) is 64.3 Å². The smallest absolute Gasteiger partial charge is 0.222 e. The van der Waals surface area contributed by atoms with Crippen LogP contribution in [0.2, 0.25) is 0 Å². The van der Waals surface area contributed by atoms with E-state index in [9.17, 15) is 4.79 Å². The molecule has 166 valence electrons. The summed E-state index contributed by atoms with van der Waals surface area (Å²) in [5.74, 6) is 1.12. The largest absolute Gasteiger partial charge is 0.357 e. The Morgan fingerprint density at radius 1 is 1.03 bits per heavy atom. The molecule has 3 rings (SSSR count). The normalized spacial score (nSPS) is 18.7. The van der Waals surface area contributed by atoms with Crippen molar-refractivity contribution >= 4 is 11.9 Å². The third-order valence-electron chi connectivity index (χ3n) is 6.30. The zero-order valence-electron chi connectivity index (χ0n) is 19.0. The molecule has 2 saturated heterocycles. The number of carbonyl (C=O) groups excluding carboxylic acids is 1. The molecule has 2 N–H and O–H groups in total. The Balaban J connectivity index is 1.62. The van der Waals surface area contributed by atoms with Crippen molar-refractivity contribution in [2.75, 3.05) is 32.7 Å². The number of nitrogens with one attached hydrogen (secondary N) is 2. The molecule has 1 aromatic carbocycles. The molecule has 0 unspecified atom stereocenters. The number of piperidine rings is 1. The molecule has 2 aliphatic rings. The summed E-state index contributed by atoms with van der Waals surface area (Å²) in [7, 11) is 0. The minimum atomic E-state index is 0.102. The molecule has 1 aromatic rings. The van der Waals surface area contributed by atoms with Crippen molar-refractivity contribution in [1.82, 2.24) is 20.4 Å². The van der Waals surface area contributed by atoms with Crippen LogP contribution in [0.25, 0.3) is 0 Å². The van der Waals surface area contributed by atoms with Crippen molar-refractivity contribution in [1.29, 1.82) is 0 Å². The van der Waals surface area contributed by atoms with Crippen molar-refractivity contribution in [3.8, 4) is 0 Å². The fourth-order valence-electron chi connectivity index (χ4n) is 4.36. The summed E-state index contributed by atoms with van der Waals surface area (Å²) in [6.07, 6.45) is 5.61. The number of benzene rings is 1. The van der Waals surface area contributed by atoms with Crippen LogP contribution in [0.5, 0.6) is 0 Å². The summed E-state index contributed by atoms with van der Waals surface area (Å²) in [5, 5.41) is 6.94. The number of hydrogen-bond acceptors (Lipinski definition) is 3. The van der Waals surface area contributed by atoms with Gasteiger partial charge in [-0.2, -0.15) is 0 Å². The molecular weight excluding hydrogens is 374 g/mol. The Kier molecular flexibility index (Phi) is 8.14. The Labute approximate surface area is 182 Å². The quantitative estimate of drug-likeness (QED) is 0.508. The first-order valence-corrected chi connectivity index (χ1v) is 11.6. The number of carbonyl (C=O) groups is 1. The van der Waals surface area contributed by atoms with Gasteiger partial charge in [-0.1, -0.05) is 30.7 Å². The van der Waals surface area contributed by atoms with Gasteiger partial charge in [0.2, 0.25) is 5.91 Å². The lowest BCUT2D eigenvalue weighted by Crippen LogP contribution is -2.54. The highest BCUT2D eigenvalue weighted by Crippen LogP contribution is 2.20. The number of likely N-dealkylation sites (tertiary alicyclic amines) is 2. The minimum Gasteiger partial charge on any atom is -0.357 e. The van der Waals surface area contributed by atoms with E-state index in [4.69, 9.17) is 4.99 Å². The molecule has 0 atom stereocenters. The van der Waals surface area contributed by atoms with E-state index in [1.54, 1.807) is 0 Å². The number of rotatable bonds is 8. The Morgan fingerprint density at radius 3 is 2.43 bits per heavy atom. The number of aliphatic imine (C=N–C) groups is 1. The van der Waals surface area contributed by atoms with E-state index in [-0.39, 0.29) is 11.4 Å². The van der Waals surface area contributed by atoms with Gasteiger partial charge in [0, 0.05) is 38.1 Å². The summed E-state index contributed by atoms with van der Waals surface area (Å²) in [6.45, 7) is 13.0. The highest BCUT2D eigenvalue weighted by atomic mass is 16.2. The van der Waals surface area contributed by atoms with Crippen LogP contribution in [0.15, 0.2) is 29.3 Å². The maximum atomic E-state index is 12.0. The average molecular weight is 414 g/mol. The second-order valence-electron chi connectivity index (χ2n) is 9.10. The fourth-order valence-corrected chi connectivity index (χ4v) is 4.36. The van der Waals surface area contributed by atoms with E-state index in [1.165, 1.54) is 43.5 Å². The summed E-state index contributed by atoms with van der Waals surface area (Å²) in [5.41, 5.74) is 2.48. The second kappa shape index (κ2) is 10.8. The lowest BCUT2D eigenvalue weighted by molar-refractivity contribution is -0.128. The van der Waals surface area contributed by atoms with Gasteiger partial charge in [-0.25, -0.2) is 4.99 Å². The fraction of sp³-hybridized carbons (Fsp3) is 0.667. The van der Waals surface area contributed by atoms with Crippen molar-refractivity contribution in [2.45, 2.75) is 71.5 Å². The van der Waals surface area contributed by atoms with Crippen LogP contribution in [0.4, 0.5) is 0 Å². The maximum Gasteiger partial charge on any atom is 0.222 e.